The van der Waals surface area contributed by atoms with Crippen molar-refractivity contribution in [3.63, 3.8) is 0 Å². The van der Waals surface area contributed by atoms with Crippen molar-refractivity contribution in [3.8, 4) is 0 Å². The first-order valence-corrected chi connectivity index (χ1v) is 40.7. The molecular formula is C81H132O17P2. The highest BCUT2D eigenvalue weighted by Gasteiger charge is 2.30. The second-order valence-corrected chi connectivity index (χ2v) is 27.4. The summed E-state index contributed by atoms with van der Waals surface area (Å²) in [6, 6.07) is 0. The minimum Gasteiger partial charge on any atom is -0.462 e. The van der Waals surface area contributed by atoms with E-state index < -0.39 is 97.5 Å². The van der Waals surface area contributed by atoms with E-state index in [0.29, 0.717) is 32.1 Å². The Hall–Kier alpha value is -5.32. The van der Waals surface area contributed by atoms with Gasteiger partial charge >= 0.3 is 39.5 Å². The van der Waals surface area contributed by atoms with E-state index in [4.69, 9.17) is 37.0 Å². The van der Waals surface area contributed by atoms with Gasteiger partial charge in [0.2, 0.25) is 0 Å². The maximum Gasteiger partial charge on any atom is 0.472 e. The van der Waals surface area contributed by atoms with Crippen LogP contribution in [0.2, 0.25) is 0 Å². The van der Waals surface area contributed by atoms with Gasteiger partial charge in [-0.05, 0) is 122 Å². The number of ether oxygens (including phenoxy) is 4. The van der Waals surface area contributed by atoms with Gasteiger partial charge in [-0.2, -0.15) is 0 Å². The predicted molar refractivity (Wildman–Crippen MR) is 408 cm³/mol. The Morgan fingerprint density at radius 3 is 0.930 bits per heavy atom. The SMILES string of the molecule is CC/C=C\C/C=C\C/C=C\C/C=C\C/C=C\CCCC(=O)OCC(COP(=O)(O)OCC(O)COP(=O)(O)OCC(COC(=O)CCCCCCC/C=C\C/C=C\C/C=C\CC)OC(=O)CCCCCCCCCCCCCCC)OC(=O)C/C=C\C/C=C\C/C=C\C/C=C\C/C=C\CC. The van der Waals surface area contributed by atoms with Crippen LogP contribution in [0.1, 0.15) is 272 Å². The molecule has 5 atom stereocenters. The zero-order chi connectivity index (χ0) is 73.2. The second kappa shape index (κ2) is 72.0. The third kappa shape index (κ3) is 71.1. The van der Waals surface area contributed by atoms with Gasteiger partial charge in [-0.15, -0.1) is 0 Å². The standard InChI is InChI=1S/C81H132O17P2/c1-5-9-13-17-21-25-29-33-36-37-40-43-46-50-54-58-62-66-79(84)92-72-77(98-81(86)68-64-60-56-52-48-44-39-35-31-27-23-19-15-11-7-3)74-96-100(89,90)94-70-75(82)69-93-99(87,88)95-73-76(97-80(85)67-63-59-55-51-47-41-32-28-24-20-16-12-8-4)71-91-78(83)65-61-57-53-49-45-42-38-34-30-26-22-18-14-10-6-2/h9-11,13-15,21-23,25-27,33-36,38-40,43,48,50,52,54,60,64,75-77,82H,5-8,12,16-20,24,28-32,37,41-42,44-47,49,51,53,55-59,61-63,65-74H2,1-4H3,(H,87,88)(H,89,90)/b13-9-,14-10-,15-11-,25-21-,26-22-,27-23-,36-33-,38-34-,39-35-,43-40-,52-48-,54-50-,64-60-. The quantitative estimate of drug-likeness (QED) is 0.0169. The van der Waals surface area contributed by atoms with E-state index in [-0.39, 0.29) is 25.7 Å². The number of aliphatic hydroxyl groups is 1. The molecule has 17 nitrogen and oxygen atoms in total. The van der Waals surface area contributed by atoms with E-state index in [1.54, 1.807) is 12.2 Å². The zero-order valence-corrected chi connectivity index (χ0v) is 63.6. The molecule has 0 aromatic carbocycles. The van der Waals surface area contributed by atoms with Crippen molar-refractivity contribution in [1.29, 1.82) is 0 Å². The second-order valence-electron chi connectivity index (χ2n) is 24.5. The van der Waals surface area contributed by atoms with Gasteiger partial charge in [0.1, 0.15) is 19.3 Å². The van der Waals surface area contributed by atoms with Crippen LogP contribution in [-0.2, 0) is 65.4 Å². The van der Waals surface area contributed by atoms with Gasteiger partial charge in [0.05, 0.1) is 32.8 Å². The number of aliphatic hydroxyl groups excluding tert-OH is 1. The van der Waals surface area contributed by atoms with Gasteiger partial charge in [-0.3, -0.25) is 37.3 Å². The van der Waals surface area contributed by atoms with Crippen LogP contribution >= 0.6 is 15.6 Å². The van der Waals surface area contributed by atoms with E-state index >= 15 is 0 Å². The van der Waals surface area contributed by atoms with Crippen molar-refractivity contribution in [2.75, 3.05) is 39.6 Å². The molecule has 0 rings (SSSR count). The van der Waals surface area contributed by atoms with E-state index in [9.17, 15) is 43.2 Å². The Morgan fingerprint density at radius 1 is 0.300 bits per heavy atom. The van der Waals surface area contributed by atoms with Gasteiger partial charge < -0.3 is 33.8 Å². The summed E-state index contributed by atoms with van der Waals surface area (Å²) in [5.41, 5.74) is 0. The third-order valence-electron chi connectivity index (χ3n) is 15.0. The molecule has 0 aromatic rings. The maximum absolute atomic E-state index is 13.1. The first-order valence-electron chi connectivity index (χ1n) is 37.7. The minimum atomic E-state index is -5.02. The summed E-state index contributed by atoms with van der Waals surface area (Å²) in [5.74, 6) is -2.42. The Bertz CT molecular complexity index is 2520. The lowest BCUT2D eigenvalue weighted by Gasteiger charge is -2.21. The fraction of sp³-hybridized carbons (Fsp3) is 0.630. The van der Waals surface area contributed by atoms with E-state index in [1.165, 1.54) is 51.4 Å². The van der Waals surface area contributed by atoms with Crippen LogP contribution in [0.4, 0.5) is 0 Å². The van der Waals surface area contributed by atoms with Gasteiger partial charge in [0, 0.05) is 19.3 Å². The number of carbonyl (C=O) groups excluding carboxylic acids is 4. The molecule has 0 aliphatic heterocycles. The average Bonchev–Trinajstić information content (AvgIpc) is 1.06. The molecule has 100 heavy (non-hydrogen) atoms. The van der Waals surface area contributed by atoms with Gasteiger partial charge in [0.15, 0.2) is 12.2 Å². The lowest BCUT2D eigenvalue weighted by atomic mass is 10.0. The van der Waals surface area contributed by atoms with Crippen LogP contribution in [0.25, 0.3) is 0 Å². The smallest absolute Gasteiger partial charge is 0.462 e. The molecule has 0 amide bonds. The number of phosphoric acid groups is 2. The highest BCUT2D eigenvalue weighted by atomic mass is 31.2. The molecule has 0 spiro atoms. The molecule has 0 aliphatic carbocycles. The molecule has 0 aromatic heterocycles. The number of unbranched alkanes of at least 4 members (excludes halogenated alkanes) is 18. The van der Waals surface area contributed by atoms with Gasteiger partial charge in [0.25, 0.3) is 0 Å². The van der Waals surface area contributed by atoms with E-state index in [1.807, 2.05) is 24.3 Å². The van der Waals surface area contributed by atoms with Crippen LogP contribution in [0, 0.1) is 0 Å². The maximum atomic E-state index is 13.1. The largest absolute Gasteiger partial charge is 0.472 e. The number of hydrogen-bond donors (Lipinski definition) is 3. The molecule has 0 fully saturated rings. The molecular weight excluding hydrogens is 1310 g/mol. The lowest BCUT2D eigenvalue weighted by molar-refractivity contribution is -0.161. The fourth-order valence-corrected chi connectivity index (χ4v) is 11.0. The van der Waals surface area contributed by atoms with Gasteiger partial charge in [-0.25, -0.2) is 9.13 Å². The molecule has 0 heterocycles. The average molecular weight is 1440 g/mol. The van der Waals surface area contributed by atoms with Crippen molar-refractivity contribution < 1.29 is 80.2 Å². The number of esters is 4. The van der Waals surface area contributed by atoms with Crippen LogP contribution in [0.15, 0.2) is 158 Å². The molecule has 5 unspecified atom stereocenters. The van der Waals surface area contributed by atoms with E-state index in [2.05, 4.69) is 149 Å². The molecule has 568 valence electrons. The Balaban J connectivity index is 5.49. The number of allylic oxidation sites excluding steroid dienone is 25. The van der Waals surface area contributed by atoms with Crippen LogP contribution < -0.4 is 0 Å². The normalized spacial score (nSPS) is 14.8. The number of phosphoric ester groups is 2. The summed E-state index contributed by atoms with van der Waals surface area (Å²) >= 11 is 0. The highest BCUT2D eigenvalue weighted by Crippen LogP contribution is 2.45. The van der Waals surface area contributed by atoms with Crippen LogP contribution in [0.3, 0.4) is 0 Å². The Kier molecular flexibility index (Phi) is 68.2. The summed E-state index contributed by atoms with van der Waals surface area (Å²) in [4.78, 5) is 72.8. The third-order valence-corrected chi connectivity index (χ3v) is 16.9. The molecule has 3 N–H and O–H groups in total. The van der Waals surface area contributed by atoms with Crippen LogP contribution in [0.5, 0.6) is 0 Å². The number of carbonyl (C=O) groups is 4. The predicted octanol–water partition coefficient (Wildman–Crippen LogP) is 21.7. The minimum absolute atomic E-state index is 0.0583. The van der Waals surface area contributed by atoms with Crippen molar-refractivity contribution in [3.05, 3.63) is 158 Å². The van der Waals surface area contributed by atoms with E-state index in [0.717, 1.165) is 135 Å². The number of hydrogen-bond acceptors (Lipinski definition) is 15. The molecule has 0 saturated carbocycles. The summed E-state index contributed by atoms with van der Waals surface area (Å²) in [5, 5.41) is 10.6. The monoisotopic (exact) mass is 1440 g/mol. The Labute approximate surface area is 604 Å². The number of rotatable bonds is 69. The highest BCUT2D eigenvalue weighted by molar-refractivity contribution is 7.47. The summed E-state index contributed by atoms with van der Waals surface area (Å²) < 4.78 is 68.2. The molecule has 0 saturated heterocycles. The molecule has 19 heteroatoms. The summed E-state index contributed by atoms with van der Waals surface area (Å²) in [6.45, 7) is 4.31. The first kappa shape index (κ1) is 94.7. The van der Waals surface area contributed by atoms with Crippen LogP contribution in [-0.4, -0.2) is 96.7 Å². The topological polar surface area (TPSA) is 237 Å². The Morgan fingerprint density at radius 2 is 0.570 bits per heavy atom. The van der Waals surface area contributed by atoms with Gasteiger partial charge in [-0.1, -0.05) is 282 Å². The van der Waals surface area contributed by atoms with Crippen molar-refractivity contribution in [2.24, 2.45) is 0 Å². The summed E-state index contributed by atoms with van der Waals surface area (Å²) in [6.07, 6.45) is 82.8. The van der Waals surface area contributed by atoms with Crippen molar-refractivity contribution in [2.45, 2.75) is 290 Å². The fourth-order valence-electron chi connectivity index (χ4n) is 9.40. The van der Waals surface area contributed by atoms with Crippen molar-refractivity contribution in [1.82, 2.24) is 0 Å². The lowest BCUT2D eigenvalue weighted by Crippen LogP contribution is -2.30. The molecule has 0 aliphatic rings. The molecule has 0 radical (unpaired) electrons. The zero-order valence-electron chi connectivity index (χ0n) is 61.8. The first-order chi connectivity index (χ1) is 48.7. The summed E-state index contributed by atoms with van der Waals surface area (Å²) in [7, 11) is -10.0. The van der Waals surface area contributed by atoms with Crippen molar-refractivity contribution >= 4 is 39.5 Å². The molecule has 0 bridgehead atoms.